The van der Waals surface area contributed by atoms with Crippen LogP contribution < -0.4 is 0 Å². The maximum atomic E-state index is 10.6. The van der Waals surface area contributed by atoms with E-state index >= 15 is 0 Å². The van der Waals surface area contributed by atoms with Gasteiger partial charge in [0.1, 0.15) is 0 Å². The Bertz CT molecular complexity index is 217. The molecular weight excluding hydrogens is 252 g/mol. The number of carbonyl (C=O) groups excluding carboxylic acids is 2. The number of hydrogen-bond donors (Lipinski definition) is 2. The van der Waals surface area contributed by atoms with Crippen LogP contribution in [0.4, 0.5) is 0 Å². The summed E-state index contributed by atoms with van der Waals surface area (Å²) < 4.78 is 0. The van der Waals surface area contributed by atoms with Crippen molar-refractivity contribution in [2.75, 3.05) is 0 Å². The minimum Gasteiger partial charge on any atom is -0.301 e. The summed E-state index contributed by atoms with van der Waals surface area (Å²) in [6.07, 6.45) is 9.56. The van der Waals surface area contributed by atoms with Gasteiger partial charge in [0.15, 0.2) is 0 Å². The molecule has 0 unspecified atom stereocenters. The van der Waals surface area contributed by atoms with Crippen LogP contribution in [0.25, 0.3) is 0 Å². The predicted molar refractivity (Wildman–Crippen MR) is 68.2 cm³/mol. The van der Waals surface area contributed by atoms with Crippen LogP contribution in [0.2, 0.25) is 0 Å². The summed E-state index contributed by atoms with van der Waals surface area (Å²) in [5.74, 6) is -1.14. The Morgan fingerprint density at radius 3 is 1.11 bits per heavy atom. The maximum absolute atomic E-state index is 10.6. The van der Waals surface area contributed by atoms with E-state index < -0.39 is 11.9 Å². The monoisotopic (exact) mass is 276 g/mol. The summed E-state index contributed by atoms with van der Waals surface area (Å²) in [7, 11) is 0. The molecule has 0 aromatic carbocycles. The van der Waals surface area contributed by atoms with Crippen molar-refractivity contribution in [1.82, 2.24) is 0 Å². The standard InChI is InChI=1S/C13H24O6/c14-12(18-16)10-8-6-4-2-1-3-5-7-9-11-13(15)19-17/h16-17H,1-11H2. The fraction of sp³-hybridized carbons (Fsp3) is 0.846. The van der Waals surface area contributed by atoms with Crippen LogP contribution in [0.3, 0.4) is 0 Å². The summed E-state index contributed by atoms with van der Waals surface area (Å²) in [4.78, 5) is 28.3. The van der Waals surface area contributed by atoms with E-state index in [-0.39, 0.29) is 12.8 Å². The van der Waals surface area contributed by atoms with E-state index in [2.05, 4.69) is 9.78 Å². The van der Waals surface area contributed by atoms with Crippen LogP contribution in [0.5, 0.6) is 0 Å². The molecule has 6 heteroatoms. The SMILES string of the molecule is O=C(CCCCCCCCCCCC(=O)OO)OO. The highest BCUT2D eigenvalue weighted by Crippen LogP contribution is 2.11. The Labute approximate surface area is 113 Å². The Morgan fingerprint density at radius 2 is 0.842 bits per heavy atom. The first-order chi connectivity index (χ1) is 9.20. The molecule has 0 aromatic heterocycles. The highest BCUT2D eigenvalue weighted by molar-refractivity contribution is 5.68. The van der Waals surface area contributed by atoms with Crippen LogP contribution in [0.15, 0.2) is 0 Å². The Balaban J connectivity index is 3.07. The van der Waals surface area contributed by atoms with Crippen molar-refractivity contribution < 1.29 is 29.9 Å². The second kappa shape index (κ2) is 13.3. The van der Waals surface area contributed by atoms with Gasteiger partial charge < -0.3 is 9.78 Å². The van der Waals surface area contributed by atoms with E-state index in [1.807, 2.05) is 0 Å². The molecule has 0 bridgehead atoms. The van der Waals surface area contributed by atoms with Crippen molar-refractivity contribution in [3.8, 4) is 0 Å². The van der Waals surface area contributed by atoms with Crippen molar-refractivity contribution in [2.45, 2.75) is 70.6 Å². The molecule has 0 heterocycles. The molecule has 0 fully saturated rings. The molecule has 112 valence electrons. The number of carbonyl (C=O) groups is 2. The van der Waals surface area contributed by atoms with Gasteiger partial charge in [-0.25, -0.2) is 9.59 Å². The van der Waals surface area contributed by atoms with Crippen molar-refractivity contribution in [3.63, 3.8) is 0 Å². The van der Waals surface area contributed by atoms with Crippen LogP contribution in [-0.4, -0.2) is 22.5 Å². The average molecular weight is 276 g/mol. The fourth-order valence-electron chi connectivity index (χ4n) is 1.87. The van der Waals surface area contributed by atoms with Gasteiger partial charge in [0.2, 0.25) is 0 Å². The molecule has 2 N–H and O–H groups in total. The highest BCUT2D eigenvalue weighted by Gasteiger charge is 2.02. The lowest BCUT2D eigenvalue weighted by molar-refractivity contribution is -0.234. The molecule has 0 saturated carbocycles. The summed E-state index contributed by atoms with van der Waals surface area (Å²) in [6, 6.07) is 0. The lowest BCUT2D eigenvalue weighted by Gasteiger charge is -2.02. The highest BCUT2D eigenvalue weighted by atomic mass is 17.1. The Kier molecular flexibility index (Phi) is 12.5. The number of hydrogen-bond acceptors (Lipinski definition) is 6. The molecule has 0 aliphatic rings. The fourth-order valence-corrected chi connectivity index (χ4v) is 1.87. The summed E-state index contributed by atoms with van der Waals surface area (Å²) in [6.45, 7) is 0. The molecule has 0 aliphatic carbocycles. The van der Waals surface area contributed by atoms with Crippen molar-refractivity contribution in [3.05, 3.63) is 0 Å². The van der Waals surface area contributed by atoms with Crippen molar-refractivity contribution in [1.29, 1.82) is 0 Å². The zero-order chi connectivity index (χ0) is 14.3. The van der Waals surface area contributed by atoms with Gasteiger partial charge >= 0.3 is 11.9 Å². The van der Waals surface area contributed by atoms with Crippen LogP contribution >= 0.6 is 0 Å². The lowest BCUT2D eigenvalue weighted by atomic mass is 10.1. The second-order valence-corrected chi connectivity index (χ2v) is 4.61. The van der Waals surface area contributed by atoms with Gasteiger partial charge in [0.25, 0.3) is 0 Å². The molecule has 0 atom stereocenters. The van der Waals surface area contributed by atoms with E-state index in [9.17, 15) is 9.59 Å². The van der Waals surface area contributed by atoms with Crippen LogP contribution in [0, 0.1) is 0 Å². The van der Waals surface area contributed by atoms with Gasteiger partial charge in [-0.2, -0.15) is 10.5 Å². The molecule has 0 rings (SSSR count). The minimum absolute atomic E-state index is 0.275. The molecule has 19 heavy (non-hydrogen) atoms. The molecule has 0 aliphatic heterocycles. The largest absolute Gasteiger partial charge is 0.342 e. The molecule has 0 spiro atoms. The summed E-state index contributed by atoms with van der Waals surface area (Å²) in [5, 5.41) is 16.1. The van der Waals surface area contributed by atoms with Crippen LogP contribution in [0.1, 0.15) is 70.6 Å². The van der Waals surface area contributed by atoms with Gasteiger partial charge in [-0.05, 0) is 12.8 Å². The lowest BCUT2D eigenvalue weighted by Crippen LogP contribution is -1.99. The van der Waals surface area contributed by atoms with Crippen molar-refractivity contribution in [2.24, 2.45) is 0 Å². The quantitative estimate of drug-likeness (QED) is 0.323. The smallest absolute Gasteiger partial charge is 0.301 e. The van der Waals surface area contributed by atoms with E-state index in [1.165, 1.54) is 0 Å². The predicted octanol–water partition coefficient (Wildman–Crippen LogP) is 3.31. The topological polar surface area (TPSA) is 93.1 Å². The van der Waals surface area contributed by atoms with Gasteiger partial charge in [-0.1, -0.05) is 44.9 Å². The zero-order valence-electron chi connectivity index (χ0n) is 11.3. The first-order valence-electron chi connectivity index (χ1n) is 6.89. The second-order valence-electron chi connectivity index (χ2n) is 4.61. The maximum Gasteiger partial charge on any atom is 0.342 e. The first kappa shape index (κ1) is 17.9. The van der Waals surface area contributed by atoms with Crippen molar-refractivity contribution >= 4 is 11.9 Å². The van der Waals surface area contributed by atoms with Crippen LogP contribution in [-0.2, 0) is 19.4 Å². The third-order valence-electron chi connectivity index (χ3n) is 2.97. The molecule has 0 saturated heterocycles. The summed E-state index contributed by atoms with van der Waals surface area (Å²) in [5.41, 5.74) is 0. The van der Waals surface area contributed by atoms with E-state index in [0.29, 0.717) is 0 Å². The normalized spacial score (nSPS) is 10.2. The molecule has 0 amide bonds. The van der Waals surface area contributed by atoms with E-state index in [4.69, 9.17) is 10.5 Å². The van der Waals surface area contributed by atoms with E-state index in [0.717, 1.165) is 57.8 Å². The average Bonchev–Trinajstić information content (AvgIpc) is 2.43. The summed E-state index contributed by atoms with van der Waals surface area (Å²) >= 11 is 0. The molecular formula is C13H24O6. The van der Waals surface area contributed by atoms with Gasteiger partial charge in [0, 0.05) is 12.8 Å². The molecule has 0 aromatic rings. The third kappa shape index (κ3) is 13.1. The third-order valence-corrected chi connectivity index (χ3v) is 2.97. The zero-order valence-corrected chi connectivity index (χ0v) is 11.3. The number of rotatable bonds is 12. The Morgan fingerprint density at radius 1 is 0.579 bits per heavy atom. The first-order valence-corrected chi connectivity index (χ1v) is 6.89. The minimum atomic E-state index is -0.568. The van der Waals surface area contributed by atoms with Gasteiger partial charge in [-0.3, -0.25) is 0 Å². The molecule has 6 nitrogen and oxygen atoms in total. The van der Waals surface area contributed by atoms with E-state index in [1.54, 1.807) is 0 Å². The van der Waals surface area contributed by atoms with Gasteiger partial charge in [0.05, 0.1) is 0 Å². The molecule has 0 radical (unpaired) electrons. The Hall–Kier alpha value is -1.14. The van der Waals surface area contributed by atoms with Gasteiger partial charge in [-0.15, -0.1) is 0 Å². The number of unbranched alkanes of at least 4 members (excludes halogenated alkanes) is 8.